The van der Waals surface area contributed by atoms with Gasteiger partial charge in [-0.15, -0.1) is 5.10 Å². The molecule has 29 heavy (non-hydrogen) atoms. The molecular weight excluding hydrogens is 418 g/mol. The molecule has 3 rings (SSSR count). The number of primary sulfonamides is 1. The number of aryl methyl sites for hydroxylation is 1. The van der Waals surface area contributed by atoms with Crippen molar-refractivity contribution >= 4 is 32.5 Å². The molecule has 0 radical (unpaired) electrons. The molecule has 4 N–H and O–H groups in total. The lowest BCUT2D eigenvalue weighted by Crippen LogP contribution is -2.25. The fourth-order valence-electron chi connectivity index (χ4n) is 2.74. The van der Waals surface area contributed by atoms with E-state index < -0.39 is 15.7 Å². The lowest BCUT2D eigenvalue weighted by atomic mass is 9.95. The summed E-state index contributed by atoms with van der Waals surface area (Å²) in [5.74, 6) is 0.745. The minimum atomic E-state index is -3.71. The first-order chi connectivity index (χ1) is 13.7. The molecule has 1 unspecified atom stereocenters. The normalized spacial score (nSPS) is 18.7. The maximum absolute atomic E-state index is 11.3. The van der Waals surface area contributed by atoms with E-state index in [9.17, 15) is 13.5 Å². The summed E-state index contributed by atoms with van der Waals surface area (Å²) < 4.78 is 22.6. The van der Waals surface area contributed by atoms with Crippen molar-refractivity contribution < 1.29 is 13.5 Å². The number of hydrogen-bond acceptors (Lipinski definition) is 8. The third kappa shape index (κ3) is 6.67. The number of H-pyrrole nitrogens is 1. The smallest absolute Gasteiger partial charge is 0.238 e. The molecule has 1 aromatic carbocycles. The van der Waals surface area contributed by atoms with Gasteiger partial charge in [-0.25, -0.2) is 23.6 Å². The highest BCUT2D eigenvalue weighted by Gasteiger charge is 2.35. The van der Waals surface area contributed by atoms with E-state index in [0.29, 0.717) is 18.6 Å². The molecule has 2 aromatic rings. The second kappa shape index (κ2) is 10.0. The zero-order chi connectivity index (χ0) is 21.5. The summed E-state index contributed by atoms with van der Waals surface area (Å²) in [5.41, 5.74) is 0.544. The Morgan fingerprint density at radius 2 is 1.93 bits per heavy atom. The summed E-state index contributed by atoms with van der Waals surface area (Å²) in [4.78, 5) is 9.03. The Bertz CT molecular complexity index is 959. The fourth-order valence-corrected chi connectivity index (χ4v) is 3.51. The zero-order valence-corrected chi connectivity index (χ0v) is 17.8. The van der Waals surface area contributed by atoms with Crippen LogP contribution in [0.1, 0.15) is 37.6 Å². The van der Waals surface area contributed by atoms with E-state index in [2.05, 4.69) is 37.5 Å². The van der Waals surface area contributed by atoms with Crippen LogP contribution in [0.3, 0.4) is 0 Å². The Balaban J connectivity index is 0.000000426. The number of nitrogens with two attached hydrogens (primary N) is 1. The lowest BCUT2D eigenvalue weighted by molar-refractivity contribution is 0.355. The standard InChI is InChI=1S/C15H20ClN3O3S.C2H4N4/c1-2-3-8-15(18-13(10-20)14(16)19-15)9-11-4-6-12(7-5-11)23(17,21)22;1-2-3-5-6-4-2/h4-7,20H,2-3,8-10H2,1H3,(H2,17,21,22);1H3,(H,3,4,5,6). The average molecular weight is 442 g/mol. The Morgan fingerprint density at radius 3 is 2.34 bits per heavy atom. The molecule has 0 saturated heterocycles. The van der Waals surface area contributed by atoms with Crippen molar-refractivity contribution in [1.82, 2.24) is 20.6 Å². The van der Waals surface area contributed by atoms with Crippen LogP contribution in [0.4, 0.5) is 0 Å². The van der Waals surface area contributed by atoms with Gasteiger partial charge in [0.25, 0.3) is 0 Å². The van der Waals surface area contributed by atoms with Crippen molar-refractivity contribution in [3.63, 3.8) is 0 Å². The van der Waals surface area contributed by atoms with Crippen LogP contribution < -0.4 is 5.14 Å². The topological polar surface area (TPSA) is 160 Å². The van der Waals surface area contributed by atoms with Crippen molar-refractivity contribution in [3.8, 4) is 0 Å². The molecule has 10 nitrogen and oxygen atoms in total. The molecule has 0 saturated carbocycles. The largest absolute Gasteiger partial charge is 0.390 e. The van der Waals surface area contributed by atoms with Crippen LogP contribution >= 0.6 is 11.6 Å². The summed E-state index contributed by atoms with van der Waals surface area (Å²) in [6, 6.07) is 6.33. The summed E-state index contributed by atoms with van der Waals surface area (Å²) in [5, 5.41) is 27.3. The second-order valence-electron chi connectivity index (χ2n) is 6.56. The van der Waals surface area contributed by atoms with Crippen LogP contribution in [0.15, 0.2) is 39.1 Å². The number of sulfonamides is 1. The number of nitrogens with one attached hydrogen (secondary N) is 1. The summed E-state index contributed by atoms with van der Waals surface area (Å²) in [7, 11) is -3.71. The number of aliphatic hydroxyl groups is 1. The number of aromatic nitrogens is 4. The molecule has 158 valence electrons. The monoisotopic (exact) mass is 441 g/mol. The Morgan fingerprint density at radius 1 is 1.24 bits per heavy atom. The predicted octanol–water partition coefficient (Wildman–Crippen LogP) is 1.36. The van der Waals surface area contributed by atoms with Gasteiger partial charge in [-0.3, -0.25) is 4.99 Å². The lowest BCUT2D eigenvalue weighted by Gasteiger charge is -2.23. The number of rotatable bonds is 7. The van der Waals surface area contributed by atoms with E-state index in [1.54, 1.807) is 19.1 Å². The Labute approximate surface area is 174 Å². The van der Waals surface area contributed by atoms with E-state index in [1.807, 2.05) is 0 Å². The van der Waals surface area contributed by atoms with E-state index in [-0.39, 0.29) is 16.7 Å². The first kappa shape index (κ1) is 23.1. The van der Waals surface area contributed by atoms with E-state index >= 15 is 0 Å². The first-order valence-electron chi connectivity index (χ1n) is 8.96. The number of hydrogen-bond donors (Lipinski definition) is 3. The van der Waals surface area contributed by atoms with Crippen molar-refractivity contribution in [2.75, 3.05) is 6.61 Å². The number of aliphatic imine (C=N–C) groups is 2. The molecule has 1 aliphatic heterocycles. The summed E-state index contributed by atoms with van der Waals surface area (Å²) in [6.07, 6.45) is 3.10. The molecule has 0 fully saturated rings. The quantitative estimate of drug-likeness (QED) is 0.587. The van der Waals surface area contributed by atoms with Gasteiger partial charge in [0.2, 0.25) is 10.0 Å². The van der Waals surface area contributed by atoms with Gasteiger partial charge in [0.1, 0.15) is 16.7 Å². The van der Waals surface area contributed by atoms with Gasteiger partial charge in [0.05, 0.1) is 11.5 Å². The highest BCUT2D eigenvalue weighted by atomic mass is 35.5. The van der Waals surface area contributed by atoms with Gasteiger partial charge in [-0.2, -0.15) is 0 Å². The van der Waals surface area contributed by atoms with Gasteiger partial charge in [0, 0.05) is 6.42 Å². The van der Waals surface area contributed by atoms with Crippen molar-refractivity contribution in [3.05, 3.63) is 35.7 Å². The Kier molecular flexibility index (Phi) is 7.96. The van der Waals surface area contributed by atoms with Crippen molar-refractivity contribution in [2.24, 2.45) is 15.1 Å². The molecule has 12 heteroatoms. The highest BCUT2D eigenvalue weighted by molar-refractivity contribution is 7.89. The van der Waals surface area contributed by atoms with Gasteiger partial charge in [-0.1, -0.05) is 37.1 Å². The second-order valence-corrected chi connectivity index (χ2v) is 8.48. The molecule has 0 spiro atoms. The van der Waals surface area contributed by atoms with Crippen LogP contribution in [0, 0.1) is 6.92 Å². The minimum absolute atomic E-state index is 0.0661. The van der Waals surface area contributed by atoms with Gasteiger partial charge in [0.15, 0.2) is 5.66 Å². The van der Waals surface area contributed by atoms with Crippen LogP contribution in [-0.4, -0.2) is 57.3 Å². The number of halogens is 1. The maximum Gasteiger partial charge on any atom is 0.238 e. The summed E-state index contributed by atoms with van der Waals surface area (Å²) in [6.45, 7) is 3.62. The first-order valence-corrected chi connectivity index (χ1v) is 10.9. The van der Waals surface area contributed by atoms with Crippen LogP contribution in [0.2, 0.25) is 0 Å². The number of tetrazole rings is 1. The fraction of sp³-hybridized carbons (Fsp3) is 0.471. The molecule has 1 aromatic heterocycles. The third-order valence-corrected chi connectivity index (χ3v) is 5.39. The maximum atomic E-state index is 11.3. The average Bonchev–Trinajstić information content (AvgIpc) is 3.27. The molecule has 0 aliphatic carbocycles. The molecule has 1 atom stereocenters. The minimum Gasteiger partial charge on any atom is -0.390 e. The number of unbranched alkanes of at least 4 members (excludes halogenated alkanes) is 1. The van der Waals surface area contributed by atoms with Gasteiger partial charge >= 0.3 is 0 Å². The number of aliphatic hydroxyl groups excluding tert-OH is 1. The van der Waals surface area contributed by atoms with Crippen LogP contribution in [0.25, 0.3) is 0 Å². The van der Waals surface area contributed by atoms with Gasteiger partial charge < -0.3 is 5.11 Å². The number of nitrogens with zero attached hydrogens (tertiary/aromatic N) is 5. The summed E-state index contributed by atoms with van der Waals surface area (Å²) >= 11 is 6.06. The molecule has 0 amide bonds. The predicted molar refractivity (Wildman–Crippen MR) is 110 cm³/mol. The third-order valence-electron chi connectivity index (χ3n) is 4.16. The number of aromatic amines is 1. The molecular formula is C17H24ClN7O3S. The van der Waals surface area contributed by atoms with Crippen LogP contribution in [-0.2, 0) is 16.4 Å². The van der Waals surface area contributed by atoms with E-state index in [1.165, 1.54) is 12.1 Å². The van der Waals surface area contributed by atoms with Crippen LogP contribution in [0.5, 0.6) is 0 Å². The van der Waals surface area contributed by atoms with E-state index in [0.717, 1.165) is 24.2 Å². The van der Waals surface area contributed by atoms with Gasteiger partial charge in [-0.05, 0) is 47.9 Å². The molecule has 0 bridgehead atoms. The zero-order valence-electron chi connectivity index (χ0n) is 16.2. The Hall–Kier alpha value is -2.21. The number of benzene rings is 1. The SMILES string of the molecule is CCCCC1(Cc2ccc(S(N)(=O)=O)cc2)N=C(Cl)C(CO)=N1.Cc1nnn[nH]1. The van der Waals surface area contributed by atoms with E-state index in [4.69, 9.17) is 16.7 Å². The van der Waals surface area contributed by atoms with Crippen molar-refractivity contribution in [2.45, 2.75) is 50.1 Å². The van der Waals surface area contributed by atoms with Crippen molar-refractivity contribution in [1.29, 1.82) is 0 Å². The molecule has 1 aliphatic rings. The highest BCUT2D eigenvalue weighted by Crippen LogP contribution is 2.31. The molecule has 2 heterocycles.